The summed E-state index contributed by atoms with van der Waals surface area (Å²) in [5, 5.41) is 5.11. The Balaban J connectivity index is 2.69. The molecule has 0 heterocycles. The number of thioether (sulfide) groups is 1. The number of carbonyl (C=O) groups is 2. The molecule has 98 valence electrons. The van der Waals surface area contributed by atoms with Crippen LogP contribution in [0.5, 0.6) is 0 Å². The lowest BCUT2D eigenvalue weighted by Crippen LogP contribution is -2.41. The van der Waals surface area contributed by atoms with Crippen molar-refractivity contribution in [1.29, 1.82) is 0 Å². The number of benzene rings is 1. The van der Waals surface area contributed by atoms with Crippen molar-refractivity contribution in [3.05, 3.63) is 28.2 Å². The van der Waals surface area contributed by atoms with Crippen LogP contribution in [0.4, 0.5) is 4.79 Å². The van der Waals surface area contributed by atoms with Gasteiger partial charge in [0.25, 0.3) is 0 Å². The van der Waals surface area contributed by atoms with Crippen LogP contribution in [-0.2, 0) is 4.79 Å². The van der Waals surface area contributed by atoms with Crippen LogP contribution in [0.15, 0.2) is 23.1 Å². The van der Waals surface area contributed by atoms with Crippen LogP contribution in [0.25, 0.3) is 0 Å². The Kier molecular flexibility index (Phi) is 5.78. The van der Waals surface area contributed by atoms with Gasteiger partial charge in [0.05, 0.1) is 10.3 Å². The molecule has 0 aliphatic rings. The number of amides is 3. The highest BCUT2D eigenvalue weighted by molar-refractivity contribution is 8.00. The first kappa shape index (κ1) is 15.1. The van der Waals surface area contributed by atoms with E-state index in [9.17, 15) is 9.59 Å². The normalized spacial score (nSPS) is 11.8. The van der Waals surface area contributed by atoms with E-state index in [-0.39, 0.29) is 0 Å². The van der Waals surface area contributed by atoms with E-state index in [0.717, 1.165) is 0 Å². The highest BCUT2D eigenvalue weighted by atomic mass is 35.5. The molecule has 0 spiro atoms. The molecule has 0 saturated heterocycles. The molecule has 7 heteroatoms. The SMILES string of the molecule is CNC(=O)NC(=O)C(C)Sc1cc(Cl)ccc1Cl. The summed E-state index contributed by atoms with van der Waals surface area (Å²) < 4.78 is 0. The van der Waals surface area contributed by atoms with Crippen LogP contribution in [0.1, 0.15) is 6.92 Å². The van der Waals surface area contributed by atoms with E-state index in [2.05, 4.69) is 10.6 Å². The number of rotatable bonds is 3. The molecule has 0 aliphatic carbocycles. The van der Waals surface area contributed by atoms with Gasteiger partial charge in [0, 0.05) is 17.0 Å². The van der Waals surface area contributed by atoms with Gasteiger partial charge in [-0.3, -0.25) is 10.1 Å². The number of imide groups is 1. The Morgan fingerprint density at radius 3 is 2.61 bits per heavy atom. The summed E-state index contributed by atoms with van der Waals surface area (Å²) in [7, 11) is 1.44. The molecule has 0 fully saturated rings. The maximum Gasteiger partial charge on any atom is 0.321 e. The van der Waals surface area contributed by atoms with Gasteiger partial charge in [-0.1, -0.05) is 23.2 Å². The largest absolute Gasteiger partial charge is 0.341 e. The van der Waals surface area contributed by atoms with Crippen molar-refractivity contribution >= 4 is 46.9 Å². The predicted molar refractivity (Wildman–Crippen MR) is 74.4 cm³/mol. The lowest BCUT2D eigenvalue weighted by molar-refractivity contribution is -0.119. The Morgan fingerprint density at radius 2 is 2.00 bits per heavy atom. The second-order valence-electron chi connectivity index (χ2n) is 3.40. The van der Waals surface area contributed by atoms with Gasteiger partial charge in [0.2, 0.25) is 5.91 Å². The average Bonchev–Trinajstić information content (AvgIpc) is 2.33. The molecular formula is C11H12Cl2N2O2S. The Bertz CT molecular complexity index is 468. The Morgan fingerprint density at radius 1 is 1.33 bits per heavy atom. The van der Waals surface area contributed by atoms with Crippen LogP contribution in [0.3, 0.4) is 0 Å². The fourth-order valence-corrected chi connectivity index (χ4v) is 2.50. The molecule has 1 atom stereocenters. The molecule has 4 nitrogen and oxygen atoms in total. The third-order valence-corrected chi connectivity index (χ3v) is 3.87. The minimum absolute atomic E-state index is 0.393. The lowest BCUT2D eigenvalue weighted by Gasteiger charge is -2.12. The molecule has 0 aliphatic heterocycles. The number of carbonyl (C=O) groups excluding carboxylic acids is 2. The van der Waals surface area contributed by atoms with E-state index >= 15 is 0 Å². The van der Waals surface area contributed by atoms with E-state index in [1.165, 1.54) is 18.8 Å². The molecule has 2 N–H and O–H groups in total. The second-order valence-corrected chi connectivity index (χ2v) is 5.63. The number of nitrogens with one attached hydrogen (secondary N) is 2. The van der Waals surface area contributed by atoms with Crippen molar-refractivity contribution in [3.63, 3.8) is 0 Å². The summed E-state index contributed by atoms with van der Waals surface area (Å²) >= 11 is 13.1. The summed E-state index contributed by atoms with van der Waals surface area (Å²) in [6.45, 7) is 1.68. The third-order valence-electron chi connectivity index (χ3n) is 2.03. The molecule has 1 aromatic carbocycles. The van der Waals surface area contributed by atoms with Gasteiger partial charge < -0.3 is 5.32 Å². The summed E-state index contributed by atoms with van der Waals surface area (Å²) in [6, 6.07) is 4.47. The van der Waals surface area contributed by atoms with Crippen molar-refractivity contribution in [1.82, 2.24) is 10.6 Å². The smallest absolute Gasteiger partial charge is 0.321 e. The van der Waals surface area contributed by atoms with E-state index in [0.29, 0.717) is 14.9 Å². The average molecular weight is 307 g/mol. The first-order chi connectivity index (χ1) is 8.43. The van der Waals surface area contributed by atoms with Crippen LogP contribution in [-0.4, -0.2) is 24.2 Å². The number of halogens is 2. The zero-order valence-corrected chi connectivity index (χ0v) is 12.1. The van der Waals surface area contributed by atoms with Crippen molar-refractivity contribution in [2.75, 3.05) is 7.05 Å². The van der Waals surface area contributed by atoms with E-state index in [4.69, 9.17) is 23.2 Å². The molecule has 1 rings (SSSR count). The maximum absolute atomic E-state index is 11.6. The van der Waals surface area contributed by atoms with Gasteiger partial charge in [-0.2, -0.15) is 0 Å². The van der Waals surface area contributed by atoms with Gasteiger partial charge in [-0.25, -0.2) is 4.79 Å². The van der Waals surface area contributed by atoms with Gasteiger partial charge in [0.1, 0.15) is 0 Å². The number of hydrogen-bond acceptors (Lipinski definition) is 3. The minimum atomic E-state index is -0.537. The quantitative estimate of drug-likeness (QED) is 0.844. The highest BCUT2D eigenvalue weighted by Gasteiger charge is 2.17. The van der Waals surface area contributed by atoms with Crippen molar-refractivity contribution < 1.29 is 9.59 Å². The minimum Gasteiger partial charge on any atom is -0.341 e. The van der Waals surface area contributed by atoms with Crippen molar-refractivity contribution in [2.45, 2.75) is 17.1 Å². The first-order valence-electron chi connectivity index (χ1n) is 5.08. The molecule has 1 unspecified atom stereocenters. The molecule has 0 saturated carbocycles. The van der Waals surface area contributed by atoms with E-state index in [1.807, 2.05) is 0 Å². The first-order valence-corrected chi connectivity index (χ1v) is 6.72. The lowest BCUT2D eigenvalue weighted by atomic mass is 10.4. The standard InChI is InChI=1S/C11H12Cl2N2O2S/c1-6(10(16)15-11(17)14-2)18-9-5-7(12)3-4-8(9)13/h3-6H,1-2H3,(H2,14,15,16,17). The summed E-state index contributed by atoms with van der Waals surface area (Å²) in [5.41, 5.74) is 0. The predicted octanol–water partition coefficient (Wildman–Crippen LogP) is 2.93. The summed E-state index contributed by atoms with van der Waals surface area (Å²) in [5.74, 6) is -0.393. The van der Waals surface area contributed by atoms with Crippen LogP contribution >= 0.6 is 35.0 Å². The van der Waals surface area contributed by atoms with Crippen molar-refractivity contribution in [3.8, 4) is 0 Å². The topological polar surface area (TPSA) is 58.2 Å². The van der Waals surface area contributed by atoms with Crippen molar-refractivity contribution in [2.24, 2.45) is 0 Å². The van der Waals surface area contributed by atoms with Gasteiger partial charge in [-0.15, -0.1) is 11.8 Å². The zero-order valence-electron chi connectivity index (χ0n) is 9.79. The van der Waals surface area contributed by atoms with Gasteiger partial charge in [-0.05, 0) is 25.1 Å². The number of urea groups is 1. The molecule has 0 aromatic heterocycles. The van der Waals surface area contributed by atoms with E-state index in [1.54, 1.807) is 25.1 Å². The zero-order chi connectivity index (χ0) is 13.7. The molecule has 0 bridgehead atoms. The second kappa shape index (κ2) is 6.87. The van der Waals surface area contributed by atoms with Crippen LogP contribution < -0.4 is 10.6 Å². The Labute approximate surface area is 119 Å². The number of hydrogen-bond donors (Lipinski definition) is 2. The van der Waals surface area contributed by atoms with Crippen LogP contribution in [0.2, 0.25) is 10.0 Å². The third kappa shape index (κ3) is 4.40. The highest BCUT2D eigenvalue weighted by Crippen LogP contribution is 2.32. The molecule has 18 heavy (non-hydrogen) atoms. The van der Waals surface area contributed by atoms with Gasteiger partial charge in [0.15, 0.2) is 0 Å². The fourth-order valence-electron chi connectivity index (χ4n) is 1.09. The molecule has 0 radical (unpaired) electrons. The van der Waals surface area contributed by atoms with Crippen LogP contribution in [0, 0.1) is 0 Å². The van der Waals surface area contributed by atoms with Gasteiger partial charge >= 0.3 is 6.03 Å². The summed E-state index contributed by atoms with van der Waals surface area (Å²) in [4.78, 5) is 23.3. The maximum atomic E-state index is 11.6. The van der Waals surface area contributed by atoms with E-state index < -0.39 is 17.2 Å². The molecule has 1 aromatic rings. The monoisotopic (exact) mass is 306 g/mol. The summed E-state index contributed by atoms with van der Waals surface area (Å²) in [6.07, 6.45) is 0. The fraction of sp³-hybridized carbons (Fsp3) is 0.273. The molecular weight excluding hydrogens is 295 g/mol. The Hall–Kier alpha value is -0.910. The molecule has 3 amide bonds.